The maximum Gasteiger partial charge on any atom is 0.206 e. The molecule has 3 N–H and O–H groups in total. The highest BCUT2D eigenvalue weighted by atomic mass is 28.4. The summed E-state index contributed by atoms with van der Waals surface area (Å²) in [4.78, 5) is 10.3. The fourth-order valence-electron chi connectivity index (χ4n) is 1.58. The molecule has 0 aliphatic rings. The van der Waals surface area contributed by atoms with Crippen LogP contribution in [0.25, 0.3) is 0 Å². The molecule has 14 heavy (non-hydrogen) atoms. The van der Waals surface area contributed by atoms with Crippen molar-refractivity contribution in [3.8, 4) is 0 Å². The lowest BCUT2D eigenvalue weighted by Crippen LogP contribution is -2.52. The van der Waals surface area contributed by atoms with Crippen LogP contribution in [-0.4, -0.2) is 18.8 Å². The second-order valence-corrected chi connectivity index (χ2v) is 7.84. The standard InChI is InChI=1S/C11H19NOSi/c1-3-11(12)14(2,13)9-10-7-5-4-6-8-10/h4-8,11,13H,3,9,12H2,1-2H3. The maximum atomic E-state index is 10.3. The van der Waals surface area contributed by atoms with E-state index in [1.54, 1.807) is 0 Å². The SMILES string of the molecule is CCC(N)[Si](C)(O)Cc1ccccc1. The van der Waals surface area contributed by atoms with Crippen LogP contribution in [0, 0.1) is 0 Å². The largest absolute Gasteiger partial charge is 0.430 e. The Bertz CT molecular complexity index is 274. The Labute approximate surface area is 86.9 Å². The van der Waals surface area contributed by atoms with Crippen molar-refractivity contribution in [2.45, 2.75) is 31.6 Å². The molecule has 2 nitrogen and oxygen atoms in total. The number of hydrogen-bond donors (Lipinski definition) is 2. The van der Waals surface area contributed by atoms with E-state index in [9.17, 15) is 4.80 Å². The Morgan fingerprint density at radius 1 is 1.36 bits per heavy atom. The number of benzene rings is 1. The average molecular weight is 209 g/mol. The molecule has 0 aliphatic carbocycles. The number of nitrogens with two attached hydrogens (primary N) is 1. The molecule has 0 fully saturated rings. The van der Waals surface area contributed by atoms with E-state index in [0.717, 1.165) is 12.5 Å². The molecule has 2 atom stereocenters. The summed E-state index contributed by atoms with van der Waals surface area (Å²) in [7, 11) is -2.27. The predicted molar refractivity (Wildman–Crippen MR) is 62.2 cm³/mol. The van der Waals surface area contributed by atoms with E-state index in [0.29, 0.717) is 0 Å². The van der Waals surface area contributed by atoms with Crippen molar-refractivity contribution in [3.05, 3.63) is 35.9 Å². The molecule has 1 aromatic carbocycles. The summed E-state index contributed by atoms with van der Waals surface area (Å²) in [5.41, 5.74) is 7.07. The van der Waals surface area contributed by atoms with Crippen LogP contribution in [0.4, 0.5) is 0 Å². The zero-order valence-corrected chi connectivity index (χ0v) is 9.90. The normalized spacial score (nSPS) is 17.4. The summed E-state index contributed by atoms with van der Waals surface area (Å²) in [6.07, 6.45) is 0.853. The first kappa shape index (κ1) is 11.4. The molecule has 0 aliphatic heterocycles. The molecule has 0 radical (unpaired) electrons. The molecule has 1 rings (SSSR count). The first-order valence-electron chi connectivity index (χ1n) is 5.08. The lowest BCUT2D eigenvalue weighted by Gasteiger charge is -2.26. The molecule has 78 valence electrons. The van der Waals surface area contributed by atoms with Crippen LogP contribution in [-0.2, 0) is 6.04 Å². The van der Waals surface area contributed by atoms with Crippen molar-refractivity contribution in [3.63, 3.8) is 0 Å². The van der Waals surface area contributed by atoms with E-state index in [4.69, 9.17) is 5.73 Å². The summed E-state index contributed by atoms with van der Waals surface area (Å²) in [6, 6.07) is 10.8. The zero-order chi connectivity index (χ0) is 10.6. The molecule has 2 unspecified atom stereocenters. The van der Waals surface area contributed by atoms with Crippen LogP contribution in [0.3, 0.4) is 0 Å². The van der Waals surface area contributed by atoms with Gasteiger partial charge >= 0.3 is 0 Å². The van der Waals surface area contributed by atoms with Gasteiger partial charge in [-0.25, -0.2) is 0 Å². The molecule has 0 spiro atoms. The Morgan fingerprint density at radius 2 is 1.93 bits per heavy atom. The van der Waals surface area contributed by atoms with Gasteiger partial charge in [-0.2, -0.15) is 0 Å². The van der Waals surface area contributed by atoms with Gasteiger partial charge in [0.1, 0.15) is 0 Å². The van der Waals surface area contributed by atoms with Gasteiger partial charge in [0.15, 0.2) is 0 Å². The second kappa shape index (κ2) is 4.73. The third-order valence-corrected chi connectivity index (χ3v) is 5.77. The Morgan fingerprint density at radius 3 is 2.43 bits per heavy atom. The van der Waals surface area contributed by atoms with Gasteiger partial charge in [-0.1, -0.05) is 37.3 Å². The molecule has 0 amide bonds. The topological polar surface area (TPSA) is 46.2 Å². The Hall–Kier alpha value is -0.643. The minimum Gasteiger partial charge on any atom is -0.430 e. The lowest BCUT2D eigenvalue weighted by atomic mass is 10.2. The minimum atomic E-state index is -2.27. The predicted octanol–water partition coefficient (Wildman–Crippen LogP) is 1.61. The fraction of sp³-hybridized carbons (Fsp3) is 0.455. The van der Waals surface area contributed by atoms with Crippen molar-refractivity contribution in [2.75, 3.05) is 0 Å². The highest BCUT2D eigenvalue weighted by molar-refractivity contribution is 6.72. The van der Waals surface area contributed by atoms with Crippen LogP contribution < -0.4 is 5.73 Å². The average Bonchev–Trinajstić information content (AvgIpc) is 2.17. The maximum absolute atomic E-state index is 10.3. The first-order chi connectivity index (χ1) is 6.56. The summed E-state index contributed by atoms with van der Waals surface area (Å²) in [5.74, 6) is 0. The fourth-order valence-corrected chi connectivity index (χ4v) is 3.78. The van der Waals surface area contributed by atoms with Crippen LogP contribution in [0.2, 0.25) is 6.55 Å². The molecule has 0 heterocycles. The molecule has 0 aromatic heterocycles. The van der Waals surface area contributed by atoms with Crippen molar-refractivity contribution in [2.24, 2.45) is 5.73 Å². The van der Waals surface area contributed by atoms with Gasteiger partial charge < -0.3 is 10.5 Å². The Balaban J connectivity index is 2.68. The summed E-state index contributed by atoms with van der Waals surface area (Å²) in [5, 5.41) is 0. The molecule has 3 heteroatoms. The van der Waals surface area contributed by atoms with E-state index in [-0.39, 0.29) is 5.67 Å². The van der Waals surface area contributed by atoms with Crippen LogP contribution in [0.5, 0.6) is 0 Å². The van der Waals surface area contributed by atoms with Gasteiger partial charge in [0.2, 0.25) is 8.32 Å². The van der Waals surface area contributed by atoms with Crippen molar-refractivity contribution in [1.29, 1.82) is 0 Å². The van der Waals surface area contributed by atoms with Crippen LogP contribution >= 0.6 is 0 Å². The van der Waals surface area contributed by atoms with Crippen molar-refractivity contribution >= 4 is 8.32 Å². The number of hydrogen-bond acceptors (Lipinski definition) is 2. The van der Waals surface area contributed by atoms with Crippen LogP contribution in [0.1, 0.15) is 18.9 Å². The third kappa shape index (κ3) is 2.94. The first-order valence-corrected chi connectivity index (χ1v) is 7.81. The van der Waals surface area contributed by atoms with Gasteiger partial charge in [-0.3, -0.25) is 0 Å². The van der Waals surface area contributed by atoms with Crippen LogP contribution in [0.15, 0.2) is 30.3 Å². The van der Waals surface area contributed by atoms with Crippen molar-refractivity contribution < 1.29 is 4.80 Å². The summed E-state index contributed by atoms with van der Waals surface area (Å²) < 4.78 is 0. The highest BCUT2D eigenvalue weighted by Crippen LogP contribution is 2.13. The Kier molecular flexibility index (Phi) is 3.86. The van der Waals surface area contributed by atoms with E-state index in [2.05, 4.69) is 0 Å². The van der Waals surface area contributed by atoms with Gasteiger partial charge in [0, 0.05) is 5.67 Å². The van der Waals surface area contributed by atoms with Gasteiger partial charge in [-0.05, 0) is 24.6 Å². The van der Waals surface area contributed by atoms with Gasteiger partial charge in [0.05, 0.1) is 0 Å². The number of rotatable bonds is 4. The second-order valence-electron chi connectivity index (χ2n) is 4.03. The van der Waals surface area contributed by atoms with Gasteiger partial charge in [0.25, 0.3) is 0 Å². The van der Waals surface area contributed by atoms with E-state index >= 15 is 0 Å². The van der Waals surface area contributed by atoms with Gasteiger partial charge in [-0.15, -0.1) is 0 Å². The molecule has 1 aromatic rings. The van der Waals surface area contributed by atoms with E-state index in [1.165, 1.54) is 5.56 Å². The minimum absolute atomic E-state index is 0.0253. The quantitative estimate of drug-likeness (QED) is 0.740. The van der Waals surface area contributed by atoms with Crippen molar-refractivity contribution in [1.82, 2.24) is 0 Å². The summed E-state index contributed by atoms with van der Waals surface area (Å²) in [6.45, 7) is 3.96. The smallest absolute Gasteiger partial charge is 0.206 e. The zero-order valence-electron chi connectivity index (χ0n) is 8.90. The van der Waals surface area contributed by atoms with E-state index in [1.807, 2.05) is 43.8 Å². The monoisotopic (exact) mass is 209 g/mol. The molecule has 0 saturated heterocycles. The molecule has 0 saturated carbocycles. The molecule has 0 bridgehead atoms. The summed E-state index contributed by atoms with van der Waals surface area (Å²) >= 11 is 0. The van der Waals surface area contributed by atoms with E-state index < -0.39 is 8.32 Å². The lowest BCUT2D eigenvalue weighted by molar-refractivity contribution is 0.507. The third-order valence-electron chi connectivity index (χ3n) is 2.64. The molecular formula is C11H19NOSi. The molecular weight excluding hydrogens is 190 g/mol. The highest BCUT2D eigenvalue weighted by Gasteiger charge is 2.31.